The second-order valence-electron chi connectivity index (χ2n) is 4.51. The molecule has 0 amide bonds. The van der Waals surface area contributed by atoms with Crippen molar-refractivity contribution in [1.82, 2.24) is 9.97 Å². The van der Waals surface area contributed by atoms with E-state index in [1.165, 1.54) is 12.1 Å². The number of nitro groups is 1. The van der Waals surface area contributed by atoms with Crippen LogP contribution in [0.3, 0.4) is 0 Å². The molecule has 21 heavy (non-hydrogen) atoms. The fraction of sp³-hybridized carbons (Fsp3) is 0.214. The first-order valence-electron chi connectivity index (χ1n) is 6.15. The Morgan fingerprint density at radius 3 is 2.33 bits per heavy atom. The van der Waals surface area contributed by atoms with Gasteiger partial charge in [0.05, 0.1) is 9.82 Å². The number of rotatable bonds is 4. The quantitative estimate of drug-likeness (QED) is 0.373. The van der Waals surface area contributed by atoms with E-state index in [9.17, 15) is 14.9 Å². The Kier molecular flexibility index (Phi) is 4.32. The van der Waals surface area contributed by atoms with E-state index in [1.54, 1.807) is 6.07 Å². The highest BCUT2D eigenvalue weighted by atomic mass is 32.2. The summed E-state index contributed by atoms with van der Waals surface area (Å²) in [6.07, 6.45) is 0.581. The predicted molar refractivity (Wildman–Crippen MR) is 78.8 cm³/mol. The minimum absolute atomic E-state index is 0.121. The lowest BCUT2D eigenvalue weighted by molar-refractivity contribution is -0.387. The molecule has 7 heteroatoms. The largest absolute Gasteiger partial charge is 0.298 e. The zero-order valence-corrected chi connectivity index (χ0v) is 12.6. The number of aromatic nitrogens is 2. The molecule has 2 rings (SSSR count). The molecule has 0 fully saturated rings. The summed E-state index contributed by atoms with van der Waals surface area (Å²) < 4.78 is 0. The Hall–Kier alpha value is -2.28. The Morgan fingerprint density at radius 2 is 1.81 bits per heavy atom. The van der Waals surface area contributed by atoms with Gasteiger partial charge < -0.3 is 0 Å². The van der Waals surface area contributed by atoms with Crippen molar-refractivity contribution >= 4 is 23.7 Å². The van der Waals surface area contributed by atoms with Gasteiger partial charge in [-0.25, -0.2) is 9.97 Å². The highest BCUT2D eigenvalue weighted by molar-refractivity contribution is 7.99. The molecular formula is C14H13N3O3S. The van der Waals surface area contributed by atoms with Crippen LogP contribution in [0.1, 0.15) is 27.3 Å². The number of aryl methyl sites for hydroxylation is 2. The Bertz CT molecular complexity index is 708. The number of hydrogen-bond donors (Lipinski definition) is 0. The van der Waals surface area contributed by atoms with Crippen LogP contribution < -0.4 is 0 Å². The second-order valence-corrected chi connectivity index (χ2v) is 5.52. The van der Waals surface area contributed by atoms with E-state index in [-0.39, 0.29) is 11.3 Å². The minimum atomic E-state index is -0.511. The van der Waals surface area contributed by atoms with Crippen LogP contribution in [-0.2, 0) is 0 Å². The molecule has 0 spiro atoms. The molecule has 108 valence electrons. The van der Waals surface area contributed by atoms with Crippen LogP contribution in [-0.4, -0.2) is 21.2 Å². The summed E-state index contributed by atoms with van der Waals surface area (Å²) in [5, 5.41) is 11.6. The summed E-state index contributed by atoms with van der Waals surface area (Å²) in [4.78, 5) is 30.4. The fourth-order valence-corrected chi connectivity index (χ4v) is 2.66. The molecule has 0 aliphatic carbocycles. The molecule has 0 radical (unpaired) electrons. The summed E-state index contributed by atoms with van der Waals surface area (Å²) in [7, 11) is 0. The highest BCUT2D eigenvalue weighted by Crippen LogP contribution is 2.33. The van der Waals surface area contributed by atoms with Crippen molar-refractivity contribution in [3.05, 3.63) is 50.8 Å². The number of carbonyl (C=O) groups is 1. The van der Waals surface area contributed by atoms with Crippen molar-refractivity contribution in [2.75, 3.05) is 0 Å². The number of benzene rings is 1. The summed E-state index contributed by atoms with van der Waals surface area (Å²) in [6, 6.07) is 4.33. The highest BCUT2D eigenvalue weighted by Gasteiger charge is 2.17. The van der Waals surface area contributed by atoms with E-state index in [2.05, 4.69) is 9.97 Å². The van der Waals surface area contributed by atoms with Crippen LogP contribution in [0.2, 0.25) is 0 Å². The van der Waals surface area contributed by atoms with E-state index < -0.39 is 4.92 Å². The molecule has 0 atom stereocenters. The van der Waals surface area contributed by atoms with E-state index in [0.29, 0.717) is 16.3 Å². The van der Waals surface area contributed by atoms with Gasteiger partial charge in [-0.05, 0) is 44.2 Å². The number of hydrogen-bond acceptors (Lipinski definition) is 6. The molecule has 1 heterocycles. The first-order chi connectivity index (χ1) is 9.92. The maximum atomic E-state index is 11.1. The van der Waals surface area contributed by atoms with E-state index in [0.717, 1.165) is 28.7 Å². The van der Waals surface area contributed by atoms with Crippen molar-refractivity contribution in [3.63, 3.8) is 0 Å². The van der Waals surface area contributed by atoms with Crippen molar-refractivity contribution in [1.29, 1.82) is 0 Å². The van der Waals surface area contributed by atoms with Crippen molar-refractivity contribution in [2.45, 2.75) is 30.8 Å². The zero-order valence-electron chi connectivity index (χ0n) is 11.8. The van der Waals surface area contributed by atoms with Crippen LogP contribution >= 0.6 is 11.8 Å². The first-order valence-corrected chi connectivity index (χ1v) is 6.97. The van der Waals surface area contributed by atoms with Gasteiger partial charge in [-0.3, -0.25) is 14.9 Å². The standard InChI is InChI=1S/C14H13N3O3S/c1-8-9(2)15-14(16-10(8)3)21-13-5-4-11(7-18)6-12(13)17(19)20/h4-7H,1-3H3. The molecule has 0 unspecified atom stereocenters. The lowest BCUT2D eigenvalue weighted by atomic mass is 10.2. The van der Waals surface area contributed by atoms with Crippen molar-refractivity contribution in [2.24, 2.45) is 0 Å². The maximum Gasteiger partial charge on any atom is 0.284 e. The normalized spacial score (nSPS) is 10.4. The van der Waals surface area contributed by atoms with E-state index in [4.69, 9.17) is 0 Å². The number of aldehydes is 1. The van der Waals surface area contributed by atoms with Gasteiger partial charge in [0.2, 0.25) is 0 Å². The maximum absolute atomic E-state index is 11.1. The average molecular weight is 303 g/mol. The van der Waals surface area contributed by atoms with Gasteiger partial charge in [0.15, 0.2) is 5.16 Å². The molecule has 6 nitrogen and oxygen atoms in total. The molecular weight excluding hydrogens is 290 g/mol. The molecule has 0 N–H and O–H groups in total. The van der Waals surface area contributed by atoms with E-state index in [1.807, 2.05) is 20.8 Å². The second kappa shape index (κ2) is 6.01. The summed E-state index contributed by atoms with van der Waals surface area (Å²) in [6.45, 7) is 5.68. The molecule has 0 saturated heterocycles. The van der Waals surface area contributed by atoms with Crippen LogP contribution in [0, 0.1) is 30.9 Å². The summed E-state index contributed by atoms with van der Waals surface area (Å²) >= 11 is 1.12. The number of carbonyl (C=O) groups excluding carboxylic acids is 1. The molecule has 0 aliphatic rings. The Morgan fingerprint density at radius 1 is 1.19 bits per heavy atom. The van der Waals surface area contributed by atoms with Gasteiger partial charge in [-0.1, -0.05) is 6.07 Å². The molecule has 2 aromatic rings. The van der Waals surface area contributed by atoms with Crippen LogP contribution in [0.5, 0.6) is 0 Å². The topological polar surface area (TPSA) is 86.0 Å². The van der Waals surface area contributed by atoms with Gasteiger partial charge in [0, 0.05) is 23.0 Å². The minimum Gasteiger partial charge on any atom is -0.298 e. The zero-order chi connectivity index (χ0) is 15.6. The van der Waals surface area contributed by atoms with Gasteiger partial charge in [0.25, 0.3) is 5.69 Å². The van der Waals surface area contributed by atoms with Crippen LogP contribution in [0.15, 0.2) is 28.3 Å². The predicted octanol–water partition coefficient (Wildman–Crippen LogP) is 3.27. The van der Waals surface area contributed by atoms with Crippen molar-refractivity contribution in [3.8, 4) is 0 Å². The third kappa shape index (κ3) is 3.25. The number of nitro benzene ring substituents is 1. The average Bonchev–Trinajstić information content (AvgIpc) is 2.44. The third-order valence-corrected chi connectivity index (χ3v) is 4.06. The Labute approximate surface area is 125 Å². The Balaban J connectivity index is 2.44. The third-order valence-electron chi connectivity index (χ3n) is 3.13. The first kappa shape index (κ1) is 15.1. The molecule has 0 saturated carbocycles. The SMILES string of the molecule is Cc1nc(Sc2ccc(C=O)cc2[N+](=O)[O-])nc(C)c1C. The smallest absolute Gasteiger partial charge is 0.284 e. The lowest BCUT2D eigenvalue weighted by Crippen LogP contribution is -1.99. The number of nitrogens with zero attached hydrogens (tertiary/aromatic N) is 3. The molecule has 1 aromatic carbocycles. The summed E-state index contributed by atoms with van der Waals surface area (Å²) in [5.74, 6) is 0. The van der Waals surface area contributed by atoms with Gasteiger partial charge in [0.1, 0.15) is 6.29 Å². The van der Waals surface area contributed by atoms with Crippen LogP contribution in [0.4, 0.5) is 5.69 Å². The molecule has 1 aromatic heterocycles. The van der Waals surface area contributed by atoms with Crippen LogP contribution in [0.25, 0.3) is 0 Å². The summed E-state index contributed by atoms with van der Waals surface area (Å²) in [5.41, 5.74) is 2.84. The fourth-order valence-electron chi connectivity index (χ4n) is 1.72. The van der Waals surface area contributed by atoms with Gasteiger partial charge >= 0.3 is 0 Å². The van der Waals surface area contributed by atoms with Gasteiger partial charge in [-0.2, -0.15) is 0 Å². The lowest BCUT2D eigenvalue weighted by Gasteiger charge is -2.07. The monoisotopic (exact) mass is 303 g/mol. The van der Waals surface area contributed by atoms with Gasteiger partial charge in [-0.15, -0.1) is 0 Å². The van der Waals surface area contributed by atoms with E-state index >= 15 is 0 Å². The molecule has 0 bridgehead atoms. The molecule has 0 aliphatic heterocycles. The van der Waals surface area contributed by atoms with Crippen molar-refractivity contribution < 1.29 is 9.72 Å².